The molecule has 5 heteroatoms. The molecule has 0 bridgehead atoms. The molecule has 0 radical (unpaired) electrons. The zero-order valence-electron chi connectivity index (χ0n) is 8.61. The Morgan fingerprint density at radius 2 is 2.27 bits per heavy atom. The number of rotatable bonds is 2. The molecule has 0 unspecified atom stereocenters. The normalized spacial score (nSPS) is 10.3. The Bertz CT molecular complexity index is 465. The van der Waals surface area contributed by atoms with Crippen molar-refractivity contribution in [2.24, 2.45) is 0 Å². The number of pyridine rings is 1. The Morgan fingerprint density at radius 3 is 2.87 bits per heavy atom. The summed E-state index contributed by atoms with van der Waals surface area (Å²) in [6.45, 7) is 1.85. The second kappa shape index (κ2) is 3.61. The Morgan fingerprint density at radius 1 is 1.47 bits per heavy atom. The minimum Gasteiger partial charge on any atom is -0.495 e. The lowest BCUT2D eigenvalue weighted by Crippen LogP contribution is -1.99. The minimum absolute atomic E-state index is 0.470. The van der Waals surface area contributed by atoms with E-state index in [1.165, 1.54) is 0 Å². The number of aromatic amines is 1. The molecule has 0 saturated heterocycles. The molecular formula is C10H12N4O. The molecule has 0 aromatic carbocycles. The first-order valence-electron chi connectivity index (χ1n) is 4.53. The molecule has 2 aromatic rings. The quantitative estimate of drug-likeness (QED) is 0.774. The van der Waals surface area contributed by atoms with Gasteiger partial charge >= 0.3 is 0 Å². The lowest BCUT2D eigenvalue weighted by molar-refractivity contribution is 0.409. The average molecular weight is 204 g/mol. The SMILES string of the molecule is COc1cc(-c2ccn[nH]2)c(N)nc1C. The van der Waals surface area contributed by atoms with Crippen LogP contribution in [0.5, 0.6) is 5.75 Å². The summed E-state index contributed by atoms with van der Waals surface area (Å²) >= 11 is 0. The molecular weight excluding hydrogens is 192 g/mol. The maximum Gasteiger partial charge on any atom is 0.140 e. The molecule has 0 atom stereocenters. The van der Waals surface area contributed by atoms with Crippen molar-refractivity contribution in [3.8, 4) is 17.0 Å². The summed E-state index contributed by atoms with van der Waals surface area (Å²) in [6, 6.07) is 3.69. The highest BCUT2D eigenvalue weighted by Gasteiger charge is 2.09. The van der Waals surface area contributed by atoms with Crippen LogP contribution in [0.25, 0.3) is 11.3 Å². The lowest BCUT2D eigenvalue weighted by atomic mass is 10.1. The Labute approximate surface area is 87.3 Å². The number of ether oxygens (including phenoxy) is 1. The van der Waals surface area contributed by atoms with Crippen LogP contribution in [-0.2, 0) is 0 Å². The van der Waals surface area contributed by atoms with E-state index in [1.54, 1.807) is 13.3 Å². The monoisotopic (exact) mass is 204 g/mol. The Hall–Kier alpha value is -2.04. The van der Waals surface area contributed by atoms with Crippen LogP contribution >= 0.6 is 0 Å². The molecule has 3 N–H and O–H groups in total. The van der Waals surface area contributed by atoms with Crippen molar-refractivity contribution in [2.75, 3.05) is 12.8 Å². The zero-order chi connectivity index (χ0) is 10.8. The summed E-state index contributed by atoms with van der Waals surface area (Å²) in [6.07, 6.45) is 1.67. The molecule has 78 valence electrons. The highest BCUT2D eigenvalue weighted by Crippen LogP contribution is 2.28. The fourth-order valence-corrected chi connectivity index (χ4v) is 1.43. The maximum atomic E-state index is 5.82. The molecule has 2 rings (SSSR count). The van der Waals surface area contributed by atoms with Crippen LogP contribution in [0.2, 0.25) is 0 Å². The van der Waals surface area contributed by atoms with Gasteiger partial charge < -0.3 is 10.5 Å². The fraction of sp³-hybridized carbons (Fsp3) is 0.200. The molecule has 0 fully saturated rings. The number of aryl methyl sites for hydroxylation is 1. The topological polar surface area (TPSA) is 76.8 Å². The summed E-state index contributed by atoms with van der Waals surface area (Å²) in [5, 5.41) is 6.71. The van der Waals surface area contributed by atoms with Gasteiger partial charge in [-0.1, -0.05) is 0 Å². The van der Waals surface area contributed by atoms with Crippen LogP contribution in [0.3, 0.4) is 0 Å². The number of methoxy groups -OCH3 is 1. The van der Waals surface area contributed by atoms with Gasteiger partial charge in [-0.2, -0.15) is 5.10 Å². The maximum absolute atomic E-state index is 5.82. The van der Waals surface area contributed by atoms with E-state index in [0.29, 0.717) is 11.6 Å². The van der Waals surface area contributed by atoms with E-state index in [2.05, 4.69) is 15.2 Å². The van der Waals surface area contributed by atoms with Crippen molar-refractivity contribution < 1.29 is 4.74 Å². The highest BCUT2D eigenvalue weighted by molar-refractivity contribution is 5.72. The van der Waals surface area contributed by atoms with Crippen molar-refractivity contribution >= 4 is 5.82 Å². The molecule has 0 saturated carbocycles. The summed E-state index contributed by atoms with van der Waals surface area (Å²) in [5.41, 5.74) is 8.23. The van der Waals surface area contributed by atoms with E-state index in [9.17, 15) is 0 Å². The molecule has 5 nitrogen and oxygen atoms in total. The minimum atomic E-state index is 0.470. The predicted octanol–water partition coefficient (Wildman–Crippen LogP) is 1.37. The van der Waals surface area contributed by atoms with E-state index in [0.717, 1.165) is 17.0 Å². The molecule has 0 spiro atoms. The van der Waals surface area contributed by atoms with Crippen molar-refractivity contribution in [1.82, 2.24) is 15.2 Å². The second-order valence-electron chi connectivity index (χ2n) is 3.18. The molecule has 2 aromatic heterocycles. The third-order valence-corrected chi connectivity index (χ3v) is 2.21. The van der Waals surface area contributed by atoms with Crippen LogP contribution in [-0.4, -0.2) is 22.3 Å². The van der Waals surface area contributed by atoms with E-state index in [-0.39, 0.29) is 0 Å². The summed E-state index contributed by atoms with van der Waals surface area (Å²) in [7, 11) is 1.61. The molecule has 0 aliphatic rings. The van der Waals surface area contributed by atoms with Gasteiger partial charge in [0.05, 0.1) is 18.5 Å². The van der Waals surface area contributed by atoms with Crippen LogP contribution < -0.4 is 10.5 Å². The molecule has 0 aliphatic heterocycles. The molecule has 15 heavy (non-hydrogen) atoms. The van der Waals surface area contributed by atoms with Gasteiger partial charge in [-0.05, 0) is 19.1 Å². The Balaban J connectivity index is 2.57. The summed E-state index contributed by atoms with van der Waals surface area (Å²) in [5.74, 6) is 1.19. The summed E-state index contributed by atoms with van der Waals surface area (Å²) in [4.78, 5) is 4.21. The highest BCUT2D eigenvalue weighted by atomic mass is 16.5. The number of H-pyrrole nitrogens is 1. The van der Waals surface area contributed by atoms with Crippen molar-refractivity contribution in [2.45, 2.75) is 6.92 Å². The van der Waals surface area contributed by atoms with Crippen molar-refractivity contribution in [3.05, 3.63) is 24.0 Å². The van der Waals surface area contributed by atoms with Crippen molar-refractivity contribution in [3.63, 3.8) is 0 Å². The van der Waals surface area contributed by atoms with Gasteiger partial charge in [0, 0.05) is 11.8 Å². The number of nitrogens with two attached hydrogens (primary N) is 1. The number of hydrogen-bond donors (Lipinski definition) is 2. The van der Waals surface area contributed by atoms with E-state index in [4.69, 9.17) is 10.5 Å². The van der Waals surface area contributed by atoms with Crippen LogP contribution in [0.15, 0.2) is 18.3 Å². The van der Waals surface area contributed by atoms with Gasteiger partial charge in [0.1, 0.15) is 11.6 Å². The number of anilines is 1. The van der Waals surface area contributed by atoms with E-state index >= 15 is 0 Å². The van der Waals surface area contributed by atoms with Gasteiger partial charge in [0.2, 0.25) is 0 Å². The smallest absolute Gasteiger partial charge is 0.140 e. The average Bonchev–Trinajstić information content (AvgIpc) is 2.71. The molecule has 2 heterocycles. The lowest BCUT2D eigenvalue weighted by Gasteiger charge is -2.08. The van der Waals surface area contributed by atoms with Crippen LogP contribution in [0.4, 0.5) is 5.82 Å². The first-order chi connectivity index (χ1) is 7.22. The second-order valence-corrected chi connectivity index (χ2v) is 3.18. The predicted molar refractivity (Wildman–Crippen MR) is 57.5 cm³/mol. The first-order valence-corrected chi connectivity index (χ1v) is 4.53. The first kappa shape index (κ1) is 9.51. The molecule has 0 amide bonds. The number of hydrogen-bond acceptors (Lipinski definition) is 4. The largest absolute Gasteiger partial charge is 0.495 e. The van der Waals surface area contributed by atoms with E-state index in [1.807, 2.05) is 19.1 Å². The number of nitrogens with zero attached hydrogens (tertiary/aromatic N) is 2. The van der Waals surface area contributed by atoms with Crippen LogP contribution in [0, 0.1) is 6.92 Å². The van der Waals surface area contributed by atoms with Gasteiger partial charge in [0.25, 0.3) is 0 Å². The van der Waals surface area contributed by atoms with Gasteiger partial charge in [0.15, 0.2) is 0 Å². The number of aromatic nitrogens is 3. The fourth-order valence-electron chi connectivity index (χ4n) is 1.43. The number of nitrogen functional groups attached to an aromatic ring is 1. The third-order valence-electron chi connectivity index (χ3n) is 2.21. The van der Waals surface area contributed by atoms with Crippen LogP contribution in [0.1, 0.15) is 5.69 Å². The van der Waals surface area contributed by atoms with Crippen molar-refractivity contribution in [1.29, 1.82) is 0 Å². The number of nitrogens with one attached hydrogen (secondary N) is 1. The Kier molecular flexibility index (Phi) is 2.29. The van der Waals surface area contributed by atoms with Gasteiger partial charge in [-0.3, -0.25) is 5.10 Å². The standard InChI is InChI=1S/C10H12N4O/c1-6-9(15-2)5-7(10(11)13-6)8-3-4-12-14-8/h3-5H,1-2H3,(H2,11,13)(H,12,14). The van der Waals surface area contributed by atoms with Gasteiger partial charge in [-0.25, -0.2) is 4.98 Å². The van der Waals surface area contributed by atoms with Gasteiger partial charge in [-0.15, -0.1) is 0 Å². The third kappa shape index (κ3) is 1.63. The van der Waals surface area contributed by atoms with E-state index < -0.39 is 0 Å². The summed E-state index contributed by atoms with van der Waals surface area (Å²) < 4.78 is 5.19. The zero-order valence-corrected chi connectivity index (χ0v) is 8.61. The molecule has 0 aliphatic carbocycles.